The lowest BCUT2D eigenvalue weighted by Gasteiger charge is -2.09. The van der Waals surface area contributed by atoms with Crippen LogP contribution in [0.5, 0.6) is 5.75 Å². The third kappa shape index (κ3) is 2.60. The molecule has 7 heteroatoms. The molecule has 20 heavy (non-hydrogen) atoms. The number of hydrogen-bond donors (Lipinski definition) is 1. The van der Waals surface area contributed by atoms with E-state index < -0.39 is 0 Å². The first-order chi connectivity index (χ1) is 9.72. The Hall–Kier alpha value is -2.07. The molecule has 1 saturated carbocycles. The van der Waals surface area contributed by atoms with E-state index in [9.17, 15) is 5.11 Å². The van der Waals surface area contributed by atoms with E-state index in [1.807, 2.05) is 0 Å². The summed E-state index contributed by atoms with van der Waals surface area (Å²) in [6.45, 7) is 0. The summed E-state index contributed by atoms with van der Waals surface area (Å²) < 4.78 is 1.65. The van der Waals surface area contributed by atoms with E-state index in [0.29, 0.717) is 11.6 Å². The highest BCUT2D eigenvalue weighted by Gasteiger charge is 2.42. The van der Waals surface area contributed by atoms with E-state index in [1.165, 1.54) is 0 Å². The molecule has 0 atom stereocenters. The van der Waals surface area contributed by atoms with Crippen LogP contribution < -0.4 is 0 Å². The number of tetrazole rings is 1. The molecule has 0 saturated heterocycles. The van der Waals surface area contributed by atoms with Gasteiger partial charge in [-0.25, -0.2) is 0 Å². The summed E-state index contributed by atoms with van der Waals surface area (Å²) in [6.07, 6.45) is 2.81. The standard InChI is InChI=1S/C13H13N5OS/c14-8-7-13(5-6-13)9-20-12-15-16-17-18(12)10-1-3-11(19)4-2-10/h1-4,19H,5-7,9H2. The van der Waals surface area contributed by atoms with Gasteiger partial charge in [-0.05, 0) is 52.9 Å². The molecule has 6 nitrogen and oxygen atoms in total. The second kappa shape index (κ2) is 5.13. The second-order valence-electron chi connectivity index (χ2n) is 5.01. The van der Waals surface area contributed by atoms with Gasteiger partial charge in [-0.15, -0.1) is 5.10 Å². The molecule has 0 bridgehead atoms. The van der Waals surface area contributed by atoms with Gasteiger partial charge in [-0.1, -0.05) is 11.8 Å². The highest BCUT2D eigenvalue weighted by molar-refractivity contribution is 7.99. The molecule has 1 aromatic heterocycles. The zero-order valence-corrected chi connectivity index (χ0v) is 11.5. The highest BCUT2D eigenvalue weighted by Crippen LogP contribution is 2.51. The second-order valence-corrected chi connectivity index (χ2v) is 5.96. The molecule has 3 rings (SSSR count). The number of phenols is 1. The van der Waals surface area contributed by atoms with Gasteiger partial charge in [0.25, 0.3) is 0 Å². The summed E-state index contributed by atoms with van der Waals surface area (Å²) in [6, 6.07) is 8.98. The monoisotopic (exact) mass is 287 g/mol. The van der Waals surface area contributed by atoms with Crippen molar-refractivity contribution in [2.75, 3.05) is 5.75 Å². The highest BCUT2D eigenvalue weighted by atomic mass is 32.2. The van der Waals surface area contributed by atoms with Crippen LogP contribution in [0.2, 0.25) is 0 Å². The lowest BCUT2D eigenvalue weighted by Crippen LogP contribution is -2.05. The molecule has 0 spiro atoms. The minimum Gasteiger partial charge on any atom is -0.508 e. The molecule has 1 N–H and O–H groups in total. The number of aromatic nitrogens is 4. The van der Waals surface area contributed by atoms with Crippen molar-refractivity contribution in [3.05, 3.63) is 24.3 Å². The largest absolute Gasteiger partial charge is 0.508 e. The Morgan fingerprint density at radius 2 is 2.10 bits per heavy atom. The van der Waals surface area contributed by atoms with Crippen molar-refractivity contribution in [1.82, 2.24) is 20.2 Å². The predicted molar refractivity (Wildman–Crippen MR) is 73.4 cm³/mol. The van der Waals surface area contributed by atoms with Gasteiger partial charge in [0.05, 0.1) is 11.8 Å². The summed E-state index contributed by atoms with van der Waals surface area (Å²) >= 11 is 1.58. The fourth-order valence-electron chi connectivity index (χ4n) is 1.96. The van der Waals surface area contributed by atoms with Crippen LogP contribution in [0.3, 0.4) is 0 Å². The molecule has 0 aliphatic heterocycles. The van der Waals surface area contributed by atoms with Crippen molar-refractivity contribution in [3.63, 3.8) is 0 Å². The van der Waals surface area contributed by atoms with Crippen LogP contribution in [0.25, 0.3) is 5.69 Å². The zero-order chi connectivity index (χ0) is 14.0. The number of rotatable bonds is 5. The normalized spacial score (nSPS) is 15.8. The van der Waals surface area contributed by atoms with E-state index in [0.717, 1.165) is 24.3 Å². The van der Waals surface area contributed by atoms with Crippen LogP contribution in [-0.4, -0.2) is 31.1 Å². The minimum atomic E-state index is 0.158. The van der Waals surface area contributed by atoms with Gasteiger partial charge in [0, 0.05) is 12.2 Å². The first-order valence-electron chi connectivity index (χ1n) is 6.30. The maximum Gasteiger partial charge on any atom is 0.214 e. The number of nitriles is 1. The van der Waals surface area contributed by atoms with Crippen LogP contribution in [0, 0.1) is 16.7 Å². The Bertz CT molecular complexity index is 642. The van der Waals surface area contributed by atoms with Crippen LogP contribution in [-0.2, 0) is 0 Å². The zero-order valence-electron chi connectivity index (χ0n) is 10.7. The van der Waals surface area contributed by atoms with Crippen LogP contribution in [0.4, 0.5) is 0 Å². The molecule has 1 aliphatic rings. The molecule has 1 aliphatic carbocycles. The van der Waals surface area contributed by atoms with Crippen molar-refractivity contribution in [1.29, 1.82) is 5.26 Å². The molecule has 1 heterocycles. The molecular formula is C13H13N5OS. The Balaban J connectivity index is 1.74. The van der Waals surface area contributed by atoms with Crippen molar-refractivity contribution in [3.8, 4) is 17.5 Å². The number of aromatic hydroxyl groups is 1. The number of phenolic OH excluding ortho intramolecular Hbond substituents is 1. The lowest BCUT2D eigenvalue weighted by molar-refractivity contribution is 0.475. The van der Waals surface area contributed by atoms with Crippen LogP contribution in [0.15, 0.2) is 29.4 Å². The summed E-state index contributed by atoms with van der Waals surface area (Å²) in [5.74, 6) is 1.07. The average molecular weight is 287 g/mol. The minimum absolute atomic E-state index is 0.158. The van der Waals surface area contributed by atoms with E-state index in [-0.39, 0.29) is 11.2 Å². The molecule has 1 aromatic carbocycles. The Labute approximate surface area is 120 Å². The summed E-state index contributed by atoms with van der Waals surface area (Å²) in [5.41, 5.74) is 0.964. The molecule has 2 aromatic rings. The van der Waals surface area contributed by atoms with Crippen molar-refractivity contribution in [2.45, 2.75) is 24.4 Å². The number of nitrogens with zero attached hydrogens (tertiary/aromatic N) is 5. The van der Waals surface area contributed by atoms with E-state index in [1.54, 1.807) is 40.7 Å². The number of benzene rings is 1. The maximum atomic E-state index is 9.30. The first-order valence-corrected chi connectivity index (χ1v) is 7.29. The van der Waals surface area contributed by atoms with Gasteiger partial charge in [-0.2, -0.15) is 9.94 Å². The van der Waals surface area contributed by atoms with Crippen molar-refractivity contribution < 1.29 is 5.11 Å². The van der Waals surface area contributed by atoms with Crippen LogP contribution >= 0.6 is 11.8 Å². The van der Waals surface area contributed by atoms with Crippen molar-refractivity contribution in [2.24, 2.45) is 5.41 Å². The first kappa shape index (κ1) is 12.9. The molecular weight excluding hydrogens is 274 g/mol. The summed E-state index contributed by atoms with van der Waals surface area (Å²) in [7, 11) is 0. The van der Waals surface area contributed by atoms with Gasteiger partial charge >= 0.3 is 0 Å². The summed E-state index contributed by atoms with van der Waals surface area (Å²) in [5, 5.41) is 30.5. The Kier molecular flexibility index (Phi) is 3.32. The maximum absolute atomic E-state index is 9.30. The topological polar surface area (TPSA) is 87.6 Å². The third-order valence-corrected chi connectivity index (χ3v) is 4.72. The number of hydrogen-bond acceptors (Lipinski definition) is 6. The molecule has 1 fully saturated rings. The van der Waals surface area contributed by atoms with Gasteiger partial charge in [0.1, 0.15) is 5.75 Å². The van der Waals surface area contributed by atoms with Crippen LogP contribution in [0.1, 0.15) is 19.3 Å². The quantitative estimate of drug-likeness (QED) is 0.848. The Morgan fingerprint density at radius 3 is 2.75 bits per heavy atom. The molecule has 0 radical (unpaired) electrons. The molecule has 102 valence electrons. The van der Waals surface area contributed by atoms with Gasteiger partial charge in [0.15, 0.2) is 0 Å². The predicted octanol–water partition coefficient (Wildman–Crippen LogP) is 2.15. The third-order valence-electron chi connectivity index (χ3n) is 3.45. The smallest absolute Gasteiger partial charge is 0.214 e. The fourth-order valence-corrected chi connectivity index (χ4v) is 3.14. The van der Waals surface area contributed by atoms with E-state index >= 15 is 0 Å². The SMILES string of the molecule is N#CCC1(CSc2nnnn2-c2ccc(O)cc2)CC1. The van der Waals surface area contributed by atoms with Gasteiger partial charge in [-0.3, -0.25) is 0 Å². The van der Waals surface area contributed by atoms with E-state index in [4.69, 9.17) is 5.26 Å². The molecule has 0 amide bonds. The van der Waals surface area contributed by atoms with E-state index in [2.05, 4.69) is 21.6 Å². The summed E-state index contributed by atoms with van der Waals surface area (Å²) in [4.78, 5) is 0. The van der Waals surface area contributed by atoms with Gasteiger partial charge < -0.3 is 5.11 Å². The van der Waals surface area contributed by atoms with Crippen molar-refractivity contribution >= 4 is 11.8 Å². The molecule has 0 unspecified atom stereocenters. The number of thioether (sulfide) groups is 1. The average Bonchev–Trinajstić information content (AvgIpc) is 3.05. The lowest BCUT2D eigenvalue weighted by atomic mass is 10.1. The van der Waals surface area contributed by atoms with Gasteiger partial charge in [0.2, 0.25) is 5.16 Å². The Morgan fingerprint density at radius 1 is 1.35 bits per heavy atom. The fraction of sp³-hybridized carbons (Fsp3) is 0.385.